The number of benzene rings is 3. The molecule has 0 spiro atoms. The molecule has 0 saturated carbocycles. The minimum absolute atomic E-state index is 0.228. The van der Waals surface area contributed by atoms with Crippen LogP contribution in [-0.2, 0) is 4.74 Å². The van der Waals surface area contributed by atoms with E-state index in [-0.39, 0.29) is 6.04 Å². The Morgan fingerprint density at radius 1 is 1.00 bits per heavy atom. The molecule has 3 aromatic carbocycles. The van der Waals surface area contributed by atoms with Crippen molar-refractivity contribution < 1.29 is 4.74 Å². The molecule has 0 fully saturated rings. The Balaban J connectivity index is 1.73. The number of aliphatic imine (C=N–C) groups is 1. The normalized spacial score (nSPS) is 17.1. The van der Waals surface area contributed by atoms with Crippen molar-refractivity contribution in [1.29, 1.82) is 0 Å². The van der Waals surface area contributed by atoms with Crippen LogP contribution in [0.2, 0.25) is 0 Å². The Morgan fingerprint density at radius 2 is 1.74 bits per heavy atom. The Hall–Kier alpha value is -3.07. The lowest BCUT2D eigenvalue weighted by molar-refractivity contribution is 0.293. The number of nitrogens with zero attached hydrogens (tertiary/aromatic N) is 1. The van der Waals surface area contributed by atoms with E-state index in [1.807, 2.05) is 24.3 Å². The van der Waals surface area contributed by atoms with E-state index in [2.05, 4.69) is 73.8 Å². The molecule has 1 aliphatic heterocycles. The summed E-state index contributed by atoms with van der Waals surface area (Å²) >= 11 is 0. The average Bonchev–Trinajstić information content (AvgIpc) is 3.17. The number of ether oxygens (including phenoxy) is 1. The highest BCUT2D eigenvalue weighted by atomic mass is 16.5. The molecular weight excluding hydrogens is 332 g/mol. The van der Waals surface area contributed by atoms with E-state index in [1.165, 1.54) is 10.8 Å². The summed E-state index contributed by atoms with van der Waals surface area (Å²) in [6.07, 6.45) is 2.01. The van der Waals surface area contributed by atoms with Crippen molar-refractivity contribution in [3.63, 3.8) is 0 Å². The predicted molar refractivity (Wildman–Crippen MR) is 114 cm³/mol. The predicted octanol–water partition coefficient (Wildman–Crippen LogP) is 5.75. The second kappa shape index (κ2) is 7.67. The lowest BCUT2D eigenvalue weighted by atomic mass is 10.1. The summed E-state index contributed by atoms with van der Waals surface area (Å²) in [5.74, 6) is 1.17. The van der Waals surface area contributed by atoms with Crippen LogP contribution in [0.1, 0.15) is 19.4 Å². The van der Waals surface area contributed by atoms with Gasteiger partial charge in [-0.3, -0.25) is 0 Å². The second-order valence-electron chi connectivity index (χ2n) is 7.17. The van der Waals surface area contributed by atoms with Crippen LogP contribution in [0.4, 0.5) is 5.69 Å². The van der Waals surface area contributed by atoms with E-state index in [0.29, 0.717) is 18.4 Å². The maximum absolute atomic E-state index is 5.84. The zero-order chi connectivity index (χ0) is 18.6. The molecule has 3 nitrogen and oxygen atoms in total. The highest BCUT2D eigenvalue weighted by Gasteiger charge is 2.21. The van der Waals surface area contributed by atoms with Gasteiger partial charge in [0.05, 0.1) is 11.7 Å². The van der Waals surface area contributed by atoms with Gasteiger partial charge in [0.15, 0.2) is 0 Å². The Bertz CT molecular complexity index is 984. The fourth-order valence-corrected chi connectivity index (χ4v) is 3.24. The minimum Gasteiger partial charge on any atom is -0.476 e. The SMILES string of the molecule is CC(C)C1COC(C=C(Nc2cccc3ccccc23)c2ccccc2)=N1. The first-order chi connectivity index (χ1) is 13.2. The van der Waals surface area contributed by atoms with Gasteiger partial charge in [0.25, 0.3) is 0 Å². The Morgan fingerprint density at radius 3 is 2.52 bits per heavy atom. The lowest BCUT2D eigenvalue weighted by Gasteiger charge is -2.14. The van der Waals surface area contributed by atoms with Crippen LogP contribution in [0, 0.1) is 5.92 Å². The van der Waals surface area contributed by atoms with Gasteiger partial charge in [0.2, 0.25) is 5.90 Å². The molecule has 4 rings (SSSR count). The first kappa shape index (κ1) is 17.3. The van der Waals surface area contributed by atoms with Gasteiger partial charge >= 0.3 is 0 Å². The number of rotatable bonds is 5. The maximum atomic E-state index is 5.84. The van der Waals surface area contributed by atoms with Crippen molar-refractivity contribution in [2.24, 2.45) is 10.9 Å². The third-order valence-corrected chi connectivity index (χ3v) is 4.88. The van der Waals surface area contributed by atoms with Gasteiger partial charge in [-0.2, -0.15) is 0 Å². The van der Waals surface area contributed by atoms with Crippen LogP contribution >= 0.6 is 0 Å². The molecule has 1 atom stereocenters. The molecule has 0 radical (unpaired) electrons. The summed E-state index contributed by atoms with van der Waals surface area (Å²) in [7, 11) is 0. The largest absolute Gasteiger partial charge is 0.476 e. The summed E-state index contributed by atoms with van der Waals surface area (Å²) in [6, 6.07) is 25.2. The molecule has 1 heterocycles. The van der Waals surface area contributed by atoms with Crippen LogP contribution < -0.4 is 5.32 Å². The number of hydrogen-bond acceptors (Lipinski definition) is 3. The first-order valence-corrected chi connectivity index (χ1v) is 9.43. The zero-order valence-electron chi connectivity index (χ0n) is 15.7. The van der Waals surface area contributed by atoms with E-state index in [1.54, 1.807) is 0 Å². The average molecular weight is 356 g/mol. The van der Waals surface area contributed by atoms with Crippen LogP contribution in [0.25, 0.3) is 16.5 Å². The van der Waals surface area contributed by atoms with Crippen molar-refractivity contribution in [1.82, 2.24) is 0 Å². The highest BCUT2D eigenvalue weighted by Crippen LogP contribution is 2.27. The summed E-state index contributed by atoms with van der Waals surface area (Å²) in [5, 5.41) is 6.01. The van der Waals surface area contributed by atoms with Crippen molar-refractivity contribution in [2.45, 2.75) is 19.9 Å². The summed E-state index contributed by atoms with van der Waals surface area (Å²) in [5.41, 5.74) is 3.15. The zero-order valence-corrected chi connectivity index (χ0v) is 15.7. The lowest BCUT2D eigenvalue weighted by Crippen LogP contribution is -2.13. The fraction of sp³-hybridized carbons (Fsp3) is 0.208. The third-order valence-electron chi connectivity index (χ3n) is 4.88. The molecule has 27 heavy (non-hydrogen) atoms. The summed E-state index contributed by atoms with van der Waals surface area (Å²) < 4.78 is 5.84. The van der Waals surface area contributed by atoms with Crippen molar-refractivity contribution >= 4 is 28.1 Å². The molecule has 1 aliphatic rings. The van der Waals surface area contributed by atoms with Gasteiger partial charge in [-0.15, -0.1) is 0 Å². The van der Waals surface area contributed by atoms with Crippen molar-refractivity contribution in [2.75, 3.05) is 11.9 Å². The Labute approximate surface area is 160 Å². The standard InChI is InChI=1S/C24H24N2O/c1-17(2)23-16-27-24(26-23)15-22(19-10-4-3-5-11-19)25-21-14-8-12-18-9-6-7-13-20(18)21/h3-15,17,23,25H,16H2,1-2H3. The molecule has 0 amide bonds. The monoisotopic (exact) mass is 356 g/mol. The molecule has 136 valence electrons. The molecule has 1 N–H and O–H groups in total. The fourth-order valence-electron chi connectivity index (χ4n) is 3.24. The molecule has 0 saturated heterocycles. The molecule has 0 aliphatic carbocycles. The van der Waals surface area contributed by atoms with Gasteiger partial charge in [-0.1, -0.05) is 80.6 Å². The second-order valence-corrected chi connectivity index (χ2v) is 7.17. The highest BCUT2D eigenvalue weighted by molar-refractivity contribution is 6.02. The minimum atomic E-state index is 0.228. The quantitative estimate of drug-likeness (QED) is 0.632. The summed E-state index contributed by atoms with van der Waals surface area (Å²) in [4.78, 5) is 4.73. The van der Waals surface area contributed by atoms with Gasteiger partial charge < -0.3 is 10.1 Å². The number of anilines is 1. The van der Waals surface area contributed by atoms with E-state index < -0.39 is 0 Å². The van der Waals surface area contributed by atoms with Gasteiger partial charge in [0.1, 0.15) is 6.61 Å². The molecule has 0 aromatic heterocycles. The van der Waals surface area contributed by atoms with E-state index in [9.17, 15) is 0 Å². The topological polar surface area (TPSA) is 33.6 Å². The smallest absolute Gasteiger partial charge is 0.211 e. The third kappa shape index (κ3) is 3.87. The van der Waals surface area contributed by atoms with Crippen LogP contribution in [0.3, 0.4) is 0 Å². The first-order valence-electron chi connectivity index (χ1n) is 9.43. The molecular formula is C24H24N2O. The van der Waals surface area contributed by atoms with Crippen LogP contribution in [0.15, 0.2) is 83.9 Å². The van der Waals surface area contributed by atoms with Gasteiger partial charge in [0, 0.05) is 17.1 Å². The molecule has 3 aromatic rings. The number of fused-ring (bicyclic) bond motifs is 1. The number of nitrogens with one attached hydrogen (secondary N) is 1. The van der Waals surface area contributed by atoms with Crippen LogP contribution in [-0.4, -0.2) is 18.5 Å². The molecule has 3 heteroatoms. The molecule has 1 unspecified atom stereocenters. The maximum Gasteiger partial charge on any atom is 0.211 e. The summed E-state index contributed by atoms with van der Waals surface area (Å²) in [6.45, 7) is 5.01. The molecule has 0 bridgehead atoms. The Kier molecular flexibility index (Phi) is 4.93. The van der Waals surface area contributed by atoms with Crippen LogP contribution in [0.5, 0.6) is 0 Å². The van der Waals surface area contributed by atoms with Crippen molar-refractivity contribution in [3.05, 3.63) is 84.4 Å². The number of hydrogen-bond donors (Lipinski definition) is 1. The van der Waals surface area contributed by atoms with Gasteiger partial charge in [-0.05, 0) is 22.9 Å². The van der Waals surface area contributed by atoms with Gasteiger partial charge in [-0.25, -0.2) is 4.99 Å². The van der Waals surface area contributed by atoms with E-state index in [4.69, 9.17) is 9.73 Å². The van der Waals surface area contributed by atoms with Crippen molar-refractivity contribution in [3.8, 4) is 0 Å². The van der Waals surface area contributed by atoms with E-state index in [0.717, 1.165) is 16.9 Å². The van der Waals surface area contributed by atoms with E-state index >= 15 is 0 Å².